The van der Waals surface area contributed by atoms with Crippen molar-refractivity contribution in [3.8, 4) is 0 Å². The summed E-state index contributed by atoms with van der Waals surface area (Å²) in [7, 11) is 0. The van der Waals surface area contributed by atoms with Crippen molar-refractivity contribution >= 4 is 0 Å². The number of rotatable bonds is 4. The largest absolute Gasteiger partial charge is 0.307 e. The van der Waals surface area contributed by atoms with E-state index in [0.29, 0.717) is 12.1 Å². The van der Waals surface area contributed by atoms with Gasteiger partial charge in [-0.1, -0.05) is 6.92 Å². The Labute approximate surface area is 117 Å². The number of hydrogen-bond acceptors (Lipinski definition) is 2. The molecule has 0 spiro atoms. The summed E-state index contributed by atoms with van der Waals surface area (Å²) in [5.41, 5.74) is 3.32. The first kappa shape index (κ1) is 14.6. The van der Waals surface area contributed by atoms with E-state index in [1.165, 1.54) is 12.1 Å². The van der Waals surface area contributed by atoms with E-state index in [4.69, 9.17) is 0 Å². The van der Waals surface area contributed by atoms with E-state index in [9.17, 15) is 8.78 Å². The number of nitrogens with one attached hydrogen (secondary N) is 1. The summed E-state index contributed by atoms with van der Waals surface area (Å²) < 4.78 is 26.8. The zero-order valence-corrected chi connectivity index (χ0v) is 11.9. The highest BCUT2D eigenvalue weighted by atomic mass is 19.1. The number of hydrogen-bond donors (Lipinski definition) is 1. The molecule has 4 heteroatoms. The molecule has 1 heterocycles. The van der Waals surface area contributed by atoms with Gasteiger partial charge in [-0.3, -0.25) is 4.98 Å². The smallest absolute Gasteiger partial charge is 0.126 e. The van der Waals surface area contributed by atoms with Crippen LogP contribution < -0.4 is 5.32 Å². The number of pyridine rings is 1. The minimum Gasteiger partial charge on any atom is -0.307 e. The van der Waals surface area contributed by atoms with Gasteiger partial charge in [-0.2, -0.15) is 0 Å². The van der Waals surface area contributed by atoms with Crippen molar-refractivity contribution in [3.05, 3.63) is 64.5 Å². The third-order valence-electron chi connectivity index (χ3n) is 3.06. The van der Waals surface area contributed by atoms with Gasteiger partial charge in [-0.25, -0.2) is 8.78 Å². The van der Waals surface area contributed by atoms with E-state index in [0.717, 1.165) is 23.0 Å². The van der Waals surface area contributed by atoms with Gasteiger partial charge in [0.2, 0.25) is 0 Å². The monoisotopic (exact) mass is 276 g/mol. The lowest BCUT2D eigenvalue weighted by molar-refractivity contribution is 0.565. The number of benzene rings is 1. The molecule has 0 radical (unpaired) electrons. The molecule has 2 nitrogen and oxygen atoms in total. The van der Waals surface area contributed by atoms with Gasteiger partial charge in [-0.05, 0) is 55.8 Å². The van der Waals surface area contributed by atoms with E-state index >= 15 is 0 Å². The van der Waals surface area contributed by atoms with E-state index in [1.807, 2.05) is 32.9 Å². The van der Waals surface area contributed by atoms with Crippen molar-refractivity contribution in [2.45, 2.75) is 26.8 Å². The molecule has 106 valence electrons. The normalized spacial score (nSPS) is 12.4. The van der Waals surface area contributed by atoms with E-state index in [-0.39, 0.29) is 6.04 Å². The zero-order chi connectivity index (χ0) is 14.7. The molecular weight excluding hydrogens is 258 g/mol. The lowest BCUT2D eigenvalue weighted by atomic mass is 9.98. The third-order valence-corrected chi connectivity index (χ3v) is 3.06. The average Bonchev–Trinajstić information content (AvgIpc) is 2.33. The van der Waals surface area contributed by atoms with Gasteiger partial charge in [0.15, 0.2) is 0 Å². The summed E-state index contributed by atoms with van der Waals surface area (Å²) >= 11 is 0. The molecule has 0 amide bonds. The molecule has 0 fully saturated rings. The van der Waals surface area contributed by atoms with Gasteiger partial charge in [0, 0.05) is 17.5 Å². The molecule has 2 rings (SSSR count). The topological polar surface area (TPSA) is 24.9 Å². The summed E-state index contributed by atoms with van der Waals surface area (Å²) in [6, 6.07) is 7.23. The molecule has 1 aromatic carbocycles. The molecule has 2 aromatic rings. The third kappa shape index (κ3) is 3.39. The minimum absolute atomic E-state index is 0.245. The van der Waals surface area contributed by atoms with Crippen LogP contribution in [0.15, 0.2) is 30.3 Å². The first-order chi connectivity index (χ1) is 9.49. The van der Waals surface area contributed by atoms with E-state index in [2.05, 4.69) is 10.3 Å². The Bertz CT molecular complexity index is 519. The average molecular weight is 276 g/mol. The second-order valence-corrected chi connectivity index (χ2v) is 4.88. The highest BCUT2D eigenvalue weighted by Gasteiger charge is 2.16. The Kier molecular flexibility index (Phi) is 4.45. The molecule has 1 N–H and O–H groups in total. The summed E-state index contributed by atoms with van der Waals surface area (Å²) in [4.78, 5) is 4.33. The van der Waals surface area contributed by atoms with Crippen molar-refractivity contribution in [1.82, 2.24) is 10.3 Å². The maximum atomic E-state index is 13.4. The molecule has 0 aliphatic heterocycles. The fourth-order valence-electron chi connectivity index (χ4n) is 2.41. The van der Waals surface area contributed by atoms with Gasteiger partial charge in [-0.15, -0.1) is 0 Å². The van der Waals surface area contributed by atoms with E-state index in [1.54, 1.807) is 0 Å². The quantitative estimate of drug-likeness (QED) is 0.921. The lowest BCUT2D eigenvalue weighted by Crippen LogP contribution is -2.22. The summed E-state index contributed by atoms with van der Waals surface area (Å²) in [5.74, 6) is -1.13. The van der Waals surface area contributed by atoms with Crippen LogP contribution in [-0.2, 0) is 0 Å². The number of aromatic nitrogens is 1. The molecule has 0 saturated carbocycles. The van der Waals surface area contributed by atoms with Crippen LogP contribution in [0.3, 0.4) is 0 Å². The molecular formula is C16H18F2N2. The highest BCUT2D eigenvalue weighted by Crippen LogP contribution is 2.24. The Morgan fingerprint density at radius 3 is 1.95 bits per heavy atom. The van der Waals surface area contributed by atoms with Crippen molar-refractivity contribution in [1.29, 1.82) is 0 Å². The Morgan fingerprint density at radius 2 is 1.45 bits per heavy atom. The van der Waals surface area contributed by atoms with Crippen molar-refractivity contribution in [3.63, 3.8) is 0 Å². The zero-order valence-electron chi connectivity index (χ0n) is 11.9. The van der Waals surface area contributed by atoms with Crippen LogP contribution in [0.25, 0.3) is 0 Å². The predicted octanol–water partition coefficient (Wildman–Crippen LogP) is 3.68. The maximum absolute atomic E-state index is 13.4. The van der Waals surface area contributed by atoms with Gasteiger partial charge >= 0.3 is 0 Å². The molecule has 1 aromatic heterocycles. The van der Waals surface area contributed by atoms with Crippen molar-refractivity contribution in [2.24, 2.45) is 0 Å². The maximum Gasteiger partial charge on any atom is 0.126 e. The van der Waals surface area contributed by atoms with Crippen molar-refractivity contribution < 1.29 is 8.78 Å². The molecule has 0 saturated heterocycles. The van der Waals surface area contributed by atoms with Gasteiger partial charge < -0.3 is 5.32 Å². The molecule has 0 aliphatic rings. The first-order valence-electron chi connectivity index (χ1n) is 6.64. The molecule has 1 atom stereocenters. The predicted molar refractivity (Wildman–Crippen MR) is 75.6 cm³/mol. The fraction of sp³-hybridized carbons (Fsp3) is 0.312. The van der Waals surface area contributed by atoms with Gasteiger partial charge in [0.25, 0.3) is 0 Å². The second-order valence-electron chi connectivity index (χ2n) is 4.88. The van der Waals surface area contributed by atoms with Crippen LogP contribution in [0.1, 0.15) is 35.5 Å². The number of halogens is 2. The lowest BCUT2D eigenvalue weighted by Gasteiger charge is -2.20. The van der Waals surface area contributed by atoms with Crippen LogP contribution >= 0.6 is 0 Å². The Balaban J connectivity index is 2.49. The summed E-state index contributed by atoms with van der Waals surface area (Å²) in [6.45, 7) is 6.48. The minimum atomic E-state index is -0.564. The molecule has 20 heavy (non-hydrogen) atoms. The van der Waals surface area contributed by atoms with Crippen LogP contribution in [0.2, 0.25) is 0 Å². The summed E-state index contributed by atoms with van der Waals surface area (Å²) in [5, 5.41) is 3.26. The number of nitrogens with zero attached hydrogens (tertiary/aromatic N) is 1. The SMILES string of the molecule is CCNC(c1cc(F)cc(F)c1)c1cc(C)nc(C)c1. The number of aryl methyl sites for hydroxylation is 2. The molecule has 0 bridgehead atoms. The molecule has 1 unspecified atom stereocenters. The first-order valence-corrected chi connectivity index (χ1v) is 6.64. The van der Waals surface area contributed by atoms with Crippen molar-refractivity contribution in [2.75, 3.05) is 6.54 Å². The van der Waals surface area contributed by atoms with Crippen LogP contribution in [0.4, 0.5) is 8.78 Å². The van der Waals surface area contributed by atoms with Gasteiger partial charge in [0.1, 0.15) is 11.6 Å². The Morgan fingerprint density at radius 1 is 0.950 bits per heavy atom. The fourth-order valence-corrected chi connectivity index (χ4v) is 2.41. The summed E-state index contributed by atoms with van der Waals surface area (Å²) in [6.07, 6.45) is 0. The second kappa shape index (κ2) is 6.09. The van der Waals surface area contributed by atoms with E-state index < -0.39 is 11.6 Å². The van der Waals surface area contributed by atoms with Crippen LogP contribution in [0.5, 0.6) is 0 Å². The highest BCUT2D eigenvalue weighted by molar-refractivity contribution is 5.34. The van der Waals surface area contributed by atoms with Crippen LogP contribution in [0, 0.1) is 25.5 Å². The molecule has 0 aliphatic carbocycles. The van der Waals surface area contributed by atoms with Crippen LogP contribution in [-0.4, -0.2) is 11.5 Å². The Hall–Kier alpha value is -1.81. The van der Waals surface area contributed by atoms with Gasteiger partial charge in [0.05, 0.1) is 6.04 Å². The standard InChI is InChI=1S/C16H18F2N2/c1-4-19-16(12-5-10(2)20-11(3)6-12)13-7-14(17)9-15(18)8-13/h5-9,16,19H,4H2,1-3H3.